The van der Waals surface area contributed by atoms with Gasteiger partial charge in [-0.25, -0.2) is 29.9 Å². The predicted octanol–water partition coefficient (Wildman–Crippen LogP) is 28.8. The predicted molar refractivity (Wildman–Crippen MR) is 502 cm³/mol. The molecule has 0 atom stereocenters. The third-order valence-corrected chi connectivity index (χ3v) is 24.5. The summed E-state index contributed by atoms with van der Waals surface area (Å²) < 4.78 is 0. The van der Waals surface area contributed by atoms with E-state index in [1.165, 1.54) is 93.9 Å². The third kappa shape index (κ3) is 11.4. The Bertz CT molecular complexity index is 8160. The van der Waals surface area contributed by atoms with E-state index >= 15 is 0 Å². The normalized spacial score (nSPS) is 11.8. The van der Waals surface area contributed by atoms with Gasteiger partial charge in [0, 0.05) is 97.4 Å². The van der Waals surface area contributed by atoms with Crippen LogP contribution in [0.5, 0.6) is 0 Å². The van der Waals surface area contributed by atoms with Crippen molar-refractivity contribution in [1.29, 1.82) is 0 Å². The second-order valence-electron chi connectivity index (χ2n) is 31.2. The van der Waals surface area contributed by atoms with Crippen molar-refractivity contribution in [3.8, 4) is 168 Å². The Morgan fingerprint density at radius 1 is 0.156 bits per heavy atom. The molecule has 0 spiro atoms. The van der Waals surface area contributed by atoms with Crippen LogP contribution in [-0.4, -0.2) is 44.9 Å². The molecule has 0 N–H and O–H groups in total. The van der Waals surface area contributed by atoms with Gasteiger partial charge in [-0.1, -0.05) is 334 Å². The number of hydrogen-bond donors (Lipinski definition) is 0. The van der Waals surface area contributed by atoms with E-state index in [0.717, 1.165) is 161 Å². The molecule has 0 amide bonds. The lowest BCUT2D eigenvalue weighted by molar-refractivity contribution is 1.27. The van der Waals surface area contributed by atoms with Crippen molar-refractivity contribution in [3.05, 3.63) is 407 Å². The monoisotopic (exact) mass is 1550 g/mol. The van der Waals surface area contributed by atoms with Crippen molar-refractivity contribution in [2.45, 2.75) is 0 Å². The van der Waals surface area contributed by atoms with E-state index in [9.17, 15) is 0 Å². The van der Waals surface area contributed by atoms with Crippen LogP contribution >= 0.6 is 0 Å². The fraction of sp³-hybridized carbons (Fsp3) is 0. The Labute approximate surface area is 702 Å². The first-order chi connectivity index (χ1) is 60.5. The van der Waals surface area contributed by atoms with Crippen LogP contribution in [0.1, 0.15) is 0 Å². The molecule has 0 unspecified atom stereocenters. The SMILES string of the molecule is c1ccc(-c2nc3ccc4ccccc4c3nc2-c2ccc3c4c(cccc24)-c2ccccc2-c2ccncc2-3)cc1.c1ccc(-c2nc3ccc4ccccc4c3nc2-c2cnc3c(c2)-c2ccccc2-c2cccc4cccc-3c24)cc1.c1ccc(-c2nc3ccccc3nc2-c2ccc3c4c(cccc24)-c2ccccc2-c2ccncc2-3)cc1. The molecule has 9 nitrogen and oxygen atoms in total. The second kappa shape index (κ2) is 28.7. The first-order valence-electron chi connectivity index (χ1n) is 41.2. The summed E-state index contributed by atoms with van der Waals surface area (Å²) in [4.78, 5) is 45.9. The summed E-state index contributed by atoms with van der Waals surface area (Å²) in [5.41, 5.74) is 38.1. The van der Waals surface area contributed by atoms with Gasteiger partial charge in [0.1, 0.15) is 0 Å². The molecular weight excluding hydrogens is 1480 g/mol. The van der Waals surface area contributed by atoms with Crippen molar-refractivity contribution < 1.29 is 0 Å². The molecule has 0 saturated carbocycles. The third-order valence-electron chi connectivity index (χ3n) is 24.5. The molecule has 3 aliphatic carbocycles. The molecule has 0 aliphatic heterocycles. The van der Waals surface area contributed by atoms with Crippen LogP contribution in [0.25, 0.3) is 255 Å². The molecular formula is C113H67N9. The first kappa shape index (κ1) is 69.8. The zero-order chi connectivity index (χ0) is 80.3. The zero-order valence-corrected chi connectivity index (χ0v) is 65.7. The maximum atomic E-state index is 5.44. The van der Waals surface area contributed by atoms with Crippen LogP contribution in [0.15, 0.2) is 407 Å². The maximum absolute atomic E-state index is 5.44. The molecule has 6 aromatic heterocycles. The van der Waals surface area contributed by atoms with Crippen molar-refractivity contribution in [2.75, 3.05) is 0 Å². The lowest BCUT2D eigenvalue weighted by Gasteiger charge is -2.17. The Morgan fingerprint density at radius 2 is 0.484 bits per heavy atom. The van der Waals surface area contributed by atoms with Crippen molar-refractivity contribution in [1.82, 2.24) is 44.9 Å². The summed E-state index contributed by atoms with van der Waals surface area (Å²) >= 11 is 0. The number of para-hydroxylation sites is 2. The molecule has 0 saturated heterocycles. The van der Waals surface area contributed by atoms with Gasteiger partial charge in [0.25, 0.3) is 0 Å². The summed E-state index contributed by atoms with van der Waals surface area (Å²) in [6, 6.07) is 132. The molecule has 122 heavy (non-hydrogen) atoms. The standard InChI is InChI=1S/2C39H23N3.C35H21N3/c1-2-11-26(12-3-1)36-37(42-39-28-15-5-4-10-24(28)20-21-34(39)41-36)27-22-33-30-17-7-6-16-29(30)31-18-8-13-25-14-9-19-32(35(25)31)38(33)40-23-27;1-2-10-25(11-3-1)37-39(42-38-26-12-5-4-9-24(26)17-20-35(38)41-37)33-19-18-32-34-23-40-22-21-29(34)27-13-6-7-14-28(27)30-15-8-16-31(33)36(30)32;1-2-9-22(10-3-1)34-35(38-32-16-7-6-15-31(32)37-34)29-18-17-28-30-21-36-20-19-25(30)23-11-4-5-12-24(23)26-13-8-14-27(29)33(26)28/h2*1-23H;1-21H. The van der Waals surface area contributed by atoms with Crippen LogP contribution in [-0.2, 0) is 0 Å². The maximum Gasteiger partial charge on any atom is 0.0989 e. The average molecular weight is 1550 g/mol. The summed E-state index contributed by atoms with van der Waals surface area (Å²) in [6.45, 7) is 0. The molecule has 0 fully saturated rings. The van der Waals surface area contributed by atoms with E-state index in [1.54, 1.807) is 0 Å². The number of fused-ring (bicyclic) bond motifs is 22. The summed E-state index contributed by atoms with van der Waals surface area (Å²) in [5.74, 6) is 0. The van der Waals surface area contributed by atoms with E-state index in [-0.39, 0.29) is 0 Å². The highest BCUT2D eigenvalue weighted by atomic mass is 14.9. The van der Waals surface area contributed by atoms with Crippen molar-refractivity contribution >= 4 is 87.0 Å². The summed E-state index contributed by atoms with van der Waals surface area (Å²) in [5, 5.41) is 11.7. The molecule has 23 aromatic rings. The van der Waals surface area contributed by atoms with E-state index in [1.807, 2.05) is 73.4 Å². The Hall–Kier alpha value is -16.5. The highest BCUT2D eigenvalue weighted by Crippen LogP contribution is 2.54. The lowest BCUT2D eigenvalue weighted by Crippen LogP contribution is -1.98. The minimum atomic E-state index is 0.831. The van der Waals surface area contributed by atoms with Gasteiger partial charge in [0.05, 0.1) is 73.0 Å². The van der Waals surface area contributed by atoms with Crippen LogP contribution in [0.3, 0.4) is 0 Å². The Kier molecular flexibility index (Phi) is 16.4. The highest BCUT2D eigenvalue weighted by Gasteiger charge is 2.30. The van der Waals surface area contributed by atoms with E-state index < -0.39 is 0 Å². The average Bonchev–Trinajstić information content (AvgIpc) is 1.52. The topological polar surface area (TPSA) is 116 Å². The van der Waals surface area contributed by atoms with Crippen LogP contribution in [0.4, 0.5) is 0 Å². The molecule has 9 heteroatoms. The fourth-order valence-corrected chi connectivity index (χ4v) is 19.0. The molecule has 26 rings (SSSR count). The minimum absolute atomic E-state index is 0.831. The molecule has 3 aliphatic rings. The van der Waals surface area contributed by atoms with E-state index in [0.29, 0.717) is 0 Å². The van der Waals surface area contributed by atoms with Crippen LogP contribution in [0.2, 0.25) is 0 Å². The van der Waals surface area contributed by atoms with E-state index in [4.69, 9.17) is 34.9 Å². The Balaban J connectivity index is 0.000000104. The van der Waals surface area contributed by atoms with Gasteiger partial charge in [-0.3, -0.25) is 15.0 Å². The van der Waals surface area contributed by atoms with Crippen molar-refractivity contribution in [3.63, 3.8) is 0 Å². The Morgan fingerprint density at radius 3 is 0.984 bits per heavy atom. The van der Waals surface area contributed by atoms with Gasteiger partial charge < -0.3 is 0 Å². The number of nitrogens with zero attached hydrogens (tertiary/aromatic N) is 9. The summed E-state index contributed by atoms with van der Waals surface area (Å²) in [6.07, 6.45) is 9.74. The van der Waals surface area contributed by atoms with Gasteiger partial charge in [-0.2, -0.15) is 0 Å². The van der Waals surface area contributed by atoms with Gasteiger partial charge in [0.15, 0.2) is 0 Å². The molecule has 0 radical (unpaired) electrons. The zero-order valence-electron chi connectivity index (χ0n) is 65.7. The highest BCUT2D eigenvalue weighted by molar-refractivity contribution is 6.20. The number of rotatable bonds is 6. The number of benzene rings is 17. The van der Waals surface area contributed by atoms with Gasteiger partial charge >= 0.3 is 0 Å². The van der Waals surface area contributed by atoms with Crippen LogP contribution < -0.4 is 0 Å². The van der Waals surface area contributed by atoms with E-state index in [2.05, 4.69) is 344 Å². The number of pyridine rings is 3. The minimum Gasteiger partial charge on any atom is -0.264 e. The molecule has 564 valence electrons. The van der Waals surface area contributed by atoms with Gasteiger partial charge in [-0.05, 0) is 158 Å². The largest absolute Gasteiger partial charge is 0.264 e. The van der Waals surface area contributed by atoms with Crippen LogP contribution in [0, 0.1) is 0 Å². The molecule has 0 bridgehead atoms. The quantitative estimate of drug-likeness (QED) is 0.150. The molecule has 6 heterocycles. The second-order valence-corrected chi connectivity index (χ2v) is 31.2. The van der Waals surface area contributed by atoms with Crippen molar-refractivity contribution in [2.24, 2.45) is 0 Å². The number of aromatic nitrogens is 9. The lowest BCUT2D eigenvalue weighted by atomic mass is 9.89. The number of hydrogen-bond acceptors (Lipinski definition) is 9. The molecule has 17 aromatic carbocycles. The smallest absolute Gasteiger partial charge is 0.0989 e. The van der Waals surface area contributed by atoms with Gasteiger partial charge in [0.2, 0.25) is 0 Å². The summed E-state index contributed by atoms with van der Waals surface area (Å²) in [7, 11) is 0. The fourth-order valence-electron chi connectivity index (χ4n) is 19.0. The van der Waals surface area contributed by atoms with Gasteiger partial charge in [-0.15, -0.1) is 0 Å². The first-order valence-corrected chi connectivity index (χ1v) is 41.2.